The summed E-state index contributed by atoms with van der Waals surface area (Å²) in [5, 5.41) is 2.78. The molecule has 0 spiro atoms. The quantitative estimate of drug-likeness (QED) is 0.650. The molecule has 0 saturated heterocycles. The van der Waals surface area contributed by atoms with E-state index in [0.717, 1.165) is 19.1 Å². The molecule has 0 aliphatic carbocycles. The Morgan fingerprint density at radius 3 is 2.38 bits per heavy atom. The Hall–Kier alpha value is -0.630. The van der Waals surface area contributed by atoms with E-state index in [-0.39, 0.29) is 11.8 Å². The second-order valence-electron chi connectivity index (χ2n) is 3.58. The van der Waals surface area contributed by atoms with E-state index >= 15 is 0 Å². The monoisotopic (exact) mass is 246 g/mol. The van der Waals surface area contributed by atoms with Gasteiger partial charge in [-0.25, -0.2) is 0 Å². The smallest absolute Gasteiger partial charge is 0.222 e. The third-order valence-electron chi connectivity index (χ3n) is 2.31. The maximum absolute atomic E-state index is 11.6. The van der Waals surface area contributed by atoms with E-state index in [4.69, 9.17) is 0 Å². The molecule has 4 nitrogen and oxygen atoms in total. The average molecular weight is 246 g/mol. The van der Waals surface area contributed by atoms with Gasteiger partial charge in [0.05, 0.1) is 0 Å². The van der Waals surface area contributed by atoms with E-state index in [1.54, 1.807) is 0 Å². The zero-order valence-corrected chi connectivity index (χ0v) is 11.4. The summed E-state index contributed by atoms with van der Waals surface area (Å²) in [6, 6.07) is 0. The lowest BCUT2D eigenvalue weighted by molar-refractivity contribution is -0.131. The minimum atomic E-state index is 0.0370. The molecule has 1 atom stereocenters. The third kappa shape index (κ3) is 6.78. The van der Waals surface area contributed by atoms with Gasteiger partial charge in [0.2, 0.25) is 11.8 Å². The Balaban J connectivity index is 3.91. The highest BCUT2D eigenvalue weighted by atomic mass is 31.0. The molecule has 0 bridgehead atoms. The Labute approximate surface area is 100 Å². The minimum absolute atomic E-state index is 0.0370. The summed E-state index contributed by atoms with van der Waals surface area (Å²) in [6.07, 6.45) is 3.00. The fraction of sp³-hybridized carbons (Fsp3) is 0.818. The van der Waals surface area contributed by atoms with Gasteiger partial charge in [0, 0.05) is 32.5 Å². The summed E-state index contributed by atoms with van der Waals surface area (Å²) in [4.78, 5) is 24.4. The molecule has 94 valence electrons. The highest BCUT2D eigenvalue weighted by Gasteiger charge is 2.10. The van der Waals surface area contributed by atoms with Crippen molar-refractivity contribution in [2.24, 2.45) is 0 Å². The van der Waals surface area contributed by atoms with Crippen LogP contribution in [0, 0.1) is 0 Å². The molecule has 0 radical (unpaired) electrons. The van der Waals surface area contributed by atoms with Crippen LogP contribution in [0.15, 0.2) is 0 Å². The van der Waals surface area contributed by atoms with Crippen molar-refractivity contribution in [1.82, 2.24) is 10.2 Å². The van der Waals surface area contributed by atoms with E-state index in [1.165, 1.54) is 0 Å². The van der Waals surface area contributed by atoms with E-state index < -0.39 is 0 Å². The average Bonchev–Trinajstić information content (AvgIpc) is 2.32. The molecule has 16 heavy (non-hydrogen) atoms. The molecule has 0 aromatic heterocycles. The number of nitrogens with zero attached hydrogens (tertiary/aromatic N) is 1. The number of carbonyl (C=O) groups excluding carboxylic acids is 2. The number of hydrogen-bond donors (Lipinski definition) is 1. The molecule has 1 unspecified atom stereocenters. The second kappa shape index (κ2) is 9.59. The minimum Gasteiger partial charge on any atom is -0.354 e. The largest absolute Gasteiger partial charge is 0.354 e. The first kappa shape index (κ1) is 15.4. The second-order valence-corrected chi connectivity index (χ2v) is 4.16. The number of amides is 2. The highest BCUT2D eigenvalue weighted by molar-refractivity contribution is 7.16. The van der Waals surface area contributed by atoms with Gasteiger partial charge in [0.1, 0.15) is 0 Å². The van der Waals surface area contributed by atoms with Gasteiger partial charge in [-0.15, -0.1) is 9.24 Å². The molecule has 0 saturated carbocycles. The first-order valence-electron chi connectivity index (χ1n) is 5.90. The van der Waals surface area contributed by atoms with Gasteiger partial charge in [0.25, 0.3) is 0 Å². The molecule has 5 heteroatoms. The summed E-state index contributed by atoms with van der Waals surface area (Å²) in [5.74, 6) is 0.194. The molecular formula is C11H23N2O2P. The predicted octanol–water partition coefficient (Wildman–Crippen LogP) is 1.02. The maximum atomic E-state index is 11.6. The van der Waals surface area contributed by atoms with E-state index in [1.807, 2.05) is 18.7 Å². The van der Waals surface area contributed by atoms with Gasteiger partial charge in [-0.05, 0) is 12.6 Å². The van der Waals surface area contributed by atoms with Crippen molar-refractivity contribution >= 4 is 21.1 Å². The molecule has 2 amide bonds. The van der Waals surface area contributed by atoms with Crippen LogP contribution in [0.3, 0.4) is 0 Å². The van der Waals surface area contributed by atoms with Crippen LogP contribution in [0.1, 0.15) is 33.1 Å². The lowest BCUT2D eigenvalue weighted by Gasteiger charge is -2.22. The van der Waals surface area contributed by atoms with Crippen molar-refractivity contribution in [3.8, 4) is 0 Å². The van der Waals surface area contributed by atoms with Gasteiger partial charge in [-0.3, -0.25) is 9.59 Å². The van der Waals surface area contributed by atoms with E-state index in [0.29, 0.717) is 25.9 Å². The van der Waals surface area contributed by atoms with Crippen molar-refractivity contribution < 1.29 is 9.59 Å². The Morgan fingerprint density at radius 2 is 1.88 bits per heavy atom. The van der Waals surface area contributed by atoms with E-state index in [9.17, 15) is 9.59 Å². The normalized spacial score (nSPS) is 9.94. The lowest BCUT2D eigenvalue weighted by Crippen LogP contribution is -2.38. The molecular weight excluding hydrogens is 223 g/mol. The maximum Gasteiger partial charge on any atom is 0.222 e. The fourth-order valence-electron chi connectivity index (χ4n) is 1.32. The van der Waals surface area contributed by atoms with Crippen LogP contribution in [0.4, 0.5) is 0 Å². The third-order valence-corrected chi connectivity index (χ3v) is 2.72. The molecule has 0 aliphatic rings. The molecule has 0 fully saturated rings. The standard InChI is InChI=1S/C11H23N2O2P/c1-3-10(14)12-6-8-13(7-5-9-16)11(15)4-2/h3-9,16H2,1-2H3,(H,12,14). The molecule has 0 rings (SSSR count). The van der Waals surface area contributed by atoms with Gasteiger partial charge in [-0.1, -0.05) is 13.8 Å². The molecule has 0 aromatic carbocycles. The van der Waals surface area contributed by atoms with Crippen LogP contribution in [0.2, 0.25) is 0 Å². The van der Waals surface area contributed by atoms with Gasteiger partial charge in [0.15, 0.2) is 0 Å². The topological polar surface area (TPSA) is 49.4 Å². The SMILES string of the molecule is CCC(=O)NCCN(CCCP)C(=O)CC. The molecule has 0 aliphatic heterocycles. The van der Waals surface area contributed by atoms with Crippen LogP contribution in [0.5, 0.6) is 0 Å². The van der Waals surface area contributed by atoms with Crippen molar-refractivity contribution in [2.45, 2.75) is 33.1 Å². The number of hydrogen-bond acceptors (Lipinski definition) is 2. The molecule has 0 aromatic rings. The van der Waals surface area contributed by atoms with Gasteiger partial charge < -0.3 is 10.2 Å². The highest BCUT2D eigenvalue weighted by Crippen LogP contribution is 1.98. The first-order valence-corrected chi connectivity index (χ1v) is 6.71. The Kier molecular flexibility index (Phi) is 9.21. The van der Waals surface area contributed by atoms with Crippen molar-refractivity contribution in [3.63, 3.8) is 0 Å². The summed E-state index contributed by atoms with van der Waals surface area (Å²) in [5.41, 5.74) is 0. The van der Waals surface area contributed by atoms with Gasteiger partial charge in [-0.2, -0.15) is 0 Å². The Morgan fingerprint density at radius 1 is 1.19 bits per heavy atom. The van der Waals surface area contributed by atoms with Crippen LogP contribution in [0.25, 0.3) is 0 Å². The lowest BCUT2D eigenvalue weighted by atomic mass is 10.3. The zero-order chi connectivity index (χ0) is 12.4. The molecule has 0 heterocycles. The van der Waals surface area contributed by atoms with Crippen molar-refractivity contribution in [1.29, 1.82) is 0 Å². The number of rotatable bonds is 8. The Bertz CT molecular complexity index is 222. The number of carbonyl (C=O) groups is 2. The summed E-state index contributed by atoms with van der Waals surface area (Å²) in [6.45, 7) is 5.62. The van der Waals surface area contributed by atoms with E-state index in [2.05, 4.69) is 14.6 Å². The summed E-state index contributed by atoms with van der Waals surface area (Å²) >= 11 is 0. The van der Waals surface area contributed by atoms with Crippen molar-refractivity contribution in [3.05, 3.63) is 0 Å². The van der Waals surface area contributed by atoms with Crippen molar-refractivity contribution in [2.75, 3.05) is 25.8 Å². The van der Waals surface area contributed by atoms with Crippen LogP contribution < -0.4 is 5.32 Å². The summed E-state index contributed by atoms with van der Waals surface area (Å²) < 4.78 is 0. The molecule has 1 N–H and O–H groups in total. The first-order chi connectivity index (χ1) is 7.65. The predicted molar refractivity (Wildman–Crippen MR) is 69.4 cm³/mol. The fourth-order valence-corrected chi connectivity index (χ4v) is 1.50. The summed E-state index contributed by atoms with van der Waals surface area (Å²) in [7, 11) is 2.66. The number of nitrogens with one attached hydrogen (secondary N) is 1. The van der Waals surface area contributed by atoms with Gasteiger partial charge >= 0.3 is 0 Å². The zero-order valence-electron chi connectivity index (χ0n) is 10.3. The van der Waals surface area contributed by atoms with Crippen LogP contribution in [-0.4, -0.2) is 42.5 Å². The van der Waals surface area contributed by atoms with Crippen LogP contribution >= 0.6 is 9.24 Å². The van der Waals surface area contributed by atoms with Crippen LogP contribution in [-0.2, 0) is 9.59 Å².